The molecule has 10 atom stereocenters. The van der Waals surface area contributed by atoms with Gasteiger partial charge in [0.2, 0.25) is 0 Å². The zero-order valence-corrected chi connectivity index (χ0v) is 33.2. The molecule has 59 heavy (non-hydrogen) atoms. The summed E-state index contributed by atoms with van der Waals surface area (Å²) in [5.74, 6) is 0. The molecule has 0 aliphatic carbocycles. The fraction of sp³-hybridized carbons (Fsp3) is 0.375. The molecule has 0 aromatic heterocycles. The highest BCUT2D eigenvalue weighted by Gasteiger charge is 2.54. The number of aliphatic hydroxyl groups excluding tert-OH is 2. The molecular formula is C48H54O11. The Hall–Kier alpha value is -4.34. The van der Waals surface area contributed by atoms with Crippen molar-refractivity contribution in [3.63, 3.8) is 0 Å². The van der Waals surface area contributed by atoms with Crippen molar-refractivity contribution in [2.24, 2.45) is 0 Å². The maximum absolute atomic E-state index is 11.6. The van der Waals surface area contributed by atoms with Gasteiger partial charge < -0.3 is 52.8 Å². The van der Waals surface area contributed by atoms with Crippen molar-refractivity contribution < 1.29 is 52.8 Å². The van der Waals surface area contributed by atoms with E-state index in [1.54, 1.807) is 0 Å². The van der Waals surface area contributed by atoms with Crippen molar-refractivity contribution in [1.29, 1.82) is 0 Å². The van der Waals surface area contributed by atoms with E-state index in [9.17, 15) is 10.2 Å². The molecule has 0 amide bonds. The molecule has 2 N–H and O–H groups in total. The summed E-state index contributed by atoms with van der Waals surface area (Å²) in [5, 5.41) is 21.8. The van der Waals surface area contributed by atoms with E-state index in [-0.39, 0.29) is 33.0 Å². The summed E-state index contributed by atoms with van der Waals surface area (Å²) >= 11 is 0. The Morgan fingerprint density at radius 1 is 0.441 bits per heavy atom. The Morgan fingerprint density at radius 3 is 1.27 bits per heavy atom. The van der Waals surface area contributed by atoms with E-state index in [2.05, 4.69) is 0 Å². The van der Waals surface area contributed by atoms with Gasteiger partial charge in [-0.1, -0.05) is 152 Å². The predicted octanol–water partition coefficient (Wildman–Crippen LogP) is 6.38. The summed E-state index contributed by atoms with van der Waals surface area (Å²) in [6, 6.07) is 49.2. The highest BCUT2D eigenvalue weighted by atomic mass is 16.8. The van der Waals surface area contributed by atoms with Gasteiger partial charge in [0.25, 0.3) is 0 Å². The Labute approximate surface area is 346 Å². The van der Waals surface area contributed by atoms with Crippen LogP contribution in [0.3, 0.4) is 0 Å². The lowest BCUT2D eigenvalue weighted by Crippen LogP contribution is -2.66. The maximum Gasteiger partial charge on any atom is 0.187 e. The van der Waals surface area contributed by atoms with Gasteiger partial charge in [-0.2, -0.15) is 0 Å². The van der Waals surface area contributed by atoms with E-state index >= 15 is 0 Å². The van der Waals surface area contributed by atoms with Gasteiger partial charge in [0.1, 0.15) is 48.8 Å². The average molecular weight is 807 g/mol. The maximum atomic E-state index is 11.6. The van der Waals surface area contributed by atoms with Crippen molar-refractivity contribution in [1.82, 2.24) is 0 Å². The van der Waals surface area contributed by atoms with Crippen molar-refractivity contribution in [2.75, 3.05) is 20.3 Å². The van der Waals surface area contributed by atoms with Gasteiger partial charge in [-0.15, -0.1) is 0 Å². The van der Waals surface area contributed by atoms with Crippen LogP contribution in [0, 0.1) is 0 Å². The van der Waals surface area contributed by atoms with E-state index < -0.39 is 68.0 Å². The van der Waals surface area contributed by atoms with Crippen LogP contribution in [0.15, 0.2) is 152 Å². The van der Waals surface area contributed by atoms with Crippen molar-refractivity contribution in [2.45, 2.75) is 94.4 Å². The van der Waals surface area contributed by atoms with Crippen LogP contribution in [0.4, 0.5) is 0 Å². The number of hydrogen-bond donors (Lipinski definition) is 2. The molecule has 312 valence electrons. The Kier molecular flexibility index (Phi) is 16.2. The molecule has 0 saturated carbocycles. The van der Waals surface area contributed by atoms with E-state index in [1.807, 2.05) is 152 Å². The number of ether oxygens (including phenoxy) is 9. The van der Waals surface area contributed by atoms with Crippen molar-refractivity contribution >= 4 is 0 Å². The van der Waals surface area contributed by atoms with Crippen molar-refractivity contribution in [3.8, 4) is 0 Å². The first-order chi connectivity index (χ1) is 29.1. The molecule has 0 bridgehead atoms. The molecule has 5 aromatic carbocycles. The Bertz CT molecular complexity index is 1890. The minimum absolute atomic E-state index is 0.128. The van der Waals surface area contributed by atoms with Crippen LogP contribution in [0.5, 0.6) is 0 Å². The summed E-state index contributed by atoms with van der Waals surface area (Å²) in [5.41, 5.74) is 4.77. The van der Waals surface area contributed by atoms with Crippen LogP contribution in [-0.2, 0) is 75.7 Å². The topological polar surface area (TPSA) is 124 Å². The first-order valence-corrected chi connectivity index (χ1v) is 20.1. The van der Waals surface area contributed by atoms with E-state index in [0.29, 0.717) is 6.61 Å². The molecule has 2 aliphatic heterocycles. The quantitative estimate of drug-likeness (QED) is 0.0912. The zero-order chi connectivity index (χ0) is 40.7. The standard InChI is InChI=1S/C48H54O11/c1-51-47-46(43(41(50)39(27-49)57-47)54-30-36-21-11-4-12-22-36)59-48-45(56-32-38-25-15-6-16-26-38)44(55-31-37-23-13-5-14-24-37)42(53-29-35-19-9-3-10-20-35)40(58-48)33-52-28-34-17-7-2-8-18-34/h2-26,39-50H,27-33H2,1H3/t39-,40-,41+,42-,43+,44+,45-,46-,47-,48?/m1/s1. The molecule has 2 heterocycles. The number of hydrogen-bond acceptors (Lipinski definition) is 11. The molecule has 2 saturated heterocycles. The SMILES string of the molecule is CO[C@@H]1O[C@H](CO)[C@H](O)[C@H](OCc2ccccc2)[C@H]1OC1O[C@H](COCc2ccccc2)[C@@H](OCc2ccccc2)[C@H](OCc2ccccc2)[C@H]1OCc1ccccc1. The van der Waals surface area contributed by atoms with Crippen LogP contribution in [0.25, 0.3) is 0 Å². The first kappa shape index (κ1) is 42.8. The highest BCUT2D eigenvalue weighted by Crippen LogP contribution is 2.35. The lowest BCUT2D eigenvalue weighted by molar-refractivity contribution is -0.378. The Balaban J connectivity index is 1.24. The summed E-state index contributed by atoms with van der Waals surface area (Å²) in [4.78, 5) is 0. The van der Waals surface area contributed by atoms with Gasteiger partial charge in [0.15, 0.2) is 12.6 Å². The summed E-state index contributed by atoms with van der Waals surface area (Å²) < 4.78 is 59.0. The van der Waals surface area contributed by atoms with Crippen LogP contribution in [-0.4, -0.2) is 91.9 Å². The van der Waals surface area contributed by atoms with Crippen LogP contribution < -0.4 is 0 Å². The van der Waals surface area contributed by atoms with E-state index in [1.165, 1.54) is 7.11 Å². The summed E-state index contributed by atoms with van der Waals surface area (Å²) in [6.45, 7) is 0.898. The molecule has 7 rings (SSSR count). The predicted molar refractivity (Wildman–Crippen MR) is 218 cm³/mol. The van der Waals surface area contributed by atoms with Gasteiger partial charge >= 0.3 is 0 Å². The van der Waals surface area contributed by atoms with Gasteiger partial charge in [-0.25, -0.2) is 0 Å². The van der Waals surface area contributed by atoms with E-state index in [0.717, 1.165) is 27.8 Å². The lowest BCUT2D eigenvalue weighted by Gasteiger charge is -2.49. The van der Waals surface area contributed by atoms with Gasteiger partial charge in [-0.3, -0.25) is 0 Å². The van der Waals surface area contributed by atoms with Gasteiger partial charge in [0.05, 0.1) is 46.2 Å². The van der Waals surface area contributed by atoms with Crippen LogP contribution in [0.2, 0.25) is 0 Å². The summed E-state index contributed by atoms with van der Waals surface area (Å²) in [7, 11) is 1.48. The minimum Gasteiger partial charge on any atom is -0.394 e. The van der Waals surface area contributed by atoms with Crippen LogP contribution in [0.1, 0.15) is 27.8 Å². The monoisotopic (exact) mass is 806 g/mol. The zero-order valence-electron chi connectivity index (χ0n) is 33.2. The third kappa shape index (κ3) is 11.9. The molecule has 2 fully saturated rings. The number of benzene rings is 5. The third-order valence-corrected chi connectivity index (χ3v) is 10.4. The lowest BCUT2D eigenvalue weighted by atomic mass is 9.96. The molecule has 0 spiro atoms. The molecule has 1 unspecified atom stereocenters. The first-order valence-electron chi connectivity index (χ1n) is 20.1. The Morgan fingerprint density at radius 2 is 0.831 bits per heavy atom. The highest BCUT2D eigenvalue weighted by molar-refractivity contribution is 5.17. The molecule has 11 heteroatoms. The summed E-state index contributed by atoms with van der Waals surface area (Å²) in [6.07, 6.45) is -9.55. The molecular weight excluding hydrogens is 753 g/mol. The molecule has 5 aromatic rings. The minimum atomic E-state index is -1.27. The van der Waals surface area contributed by atoms with Crippen molar-refractivity contribution in [3.05, 3.63) is 179 Å². The van der Waals surface area contributed by atoms with E-state index in [4.69, 9.17) is 42.6 Å². The van der Waals surface area contributed by atoms with Crippen LogP contribution >= 0.6 is 0 Å². The largest absolute Gasteiger partial charge is 0.394 e. The fourth-order valence-electron chi connectivity index (χ4n) is 7.34. The second-order valence-electron chi connectivity index (χ2n) is 14.6. The van der Waals surface area contributed by atoms with Gasteiger partial charge in [-0.05, 0) is 27.8 Å². The number of rotatable bonds is 20. The normalized spacial score (nSPS) is 27.0. The molecule has 2 aliphatic rings. The molecule has 0 radical (unpaired) electrons. The third-order valence-electron chi connectivity index (χ3n) is 10.4. The average Bonchev–Trinajstić information content (AvgIpc) is 3.29. The molecule has 11 nitrogen and oxygen atoms in total. The van der Waals surface area contributed by atoms with Gasteiger partial charge in [0, 0.05) is 7.11 Å². The number of aliphatic hydroxyl groups is 2. The second-order valence-corrected chi connectivity index (χ2v) is 14.6. The number of methoxy groups -OCH3 is 1. The second kappa shape index (κ2) is 22.3. The fourth-order valence-corrected chi connectivity index (χ4v) is 7.34. The smallest absolute Gasteiger partial charge is 0.187 e.